The minimum atomic E-state index is -0.179. The average Bonchev–Trinajstić information content (AvgIpc) is 2.76. The third-order valence-electron chi connectivity index (χ3n) is 3.04. The number of rotatable bonds is 2. The van der Waals surface area contributed by atoms with Gasteiger partial charge in [0.25, 0.3) is 0 Å². The number of halogens is 2. The normalized spacial score (nSPS) is 11.0. The van der Waals surface area contributed by atoms with Crippen molar-refractivity contribution in [2.75, 3.05) is 0 Å². The monoisotopic (exact) mass is 303 g/mol. The van der Waals surface area contributed by atoms with Gasteiger partial charge in [-0.25, -0.2) is 4.39 Å². The smallest absolute Gasteiger partial charge is 0.129 e. The number of hydrogen-bond acceptors (Lipinski definition) is 0. The molecule has 3 aromatic rings. The van der Waals surface area contributed by atoms with Crippen molar-refractivity contribution in [1.29, 1.82) is 0 Å². The lowest BCUT2D eigenvalue weighted by atomic mass is 10.2. The van der Waals surface area contributed by atoms with Gasteiger partial charge in [-0.1, -0.05) is 40.2 Å². The number of nitrogens with zero attached hydrogens (tertiary/aromatic N) is 1. The maximum absolute atomic E-state index is 13.8. The molecule has 18 heavy (non-hydrogen) atoms. The summed E-state index contributed by atoms with van der Waals surface area (Å²) in [4.78, 5) is 0. The van der Waals surface area contributed by atoms with Crippen LogP contribution < -0.4 is 0 Å². The highest BCUT2D eigenvalue weighted by molar-refractivity contribution is 9.10. The lowest BCUT2D eigenvalue weighted by Crippen LogP contribution is -2.00. The molecular formula is C15H11BrFN. The third-order valence-corrected chi connectivity index (χ3v) is 3.53. The minimum absolute atomic E-state index is 0.179. The molecule has 0 aliphatic carbocycles. The predicted molar refractivity (Wildman–Crippen MR) is 75.1 cm³/mol. The van der Waals surface area contributed by atoms with Crippen molar-refractivity contribution in [1.82, 2.24) is 4.57 Å². The first-order valence-corrected chi connectivity index (χ1v) is 6.51. The first-order chi connectivity index (χ1) is 8.74. The van der Waals surface area contributed by atoms with Crippen molar-refractivity contribution < 1.29 is 4.39 Å². The van der Waals surface area contributed by atoms with Crippen LogP contribution in [0.1, 0.15) is 5.56 Å². The van der Waals surface area contributed by atoms with E-state index in [1.165, 1.54) is 11.5 Å². The van der Waals surface area contributed by atoms with Gasteiger partial charge in [-0.3, -0.25) is 0 Å². The largest absolute Gasteiger partial charge is 0.343 e. The van der Waals surface area contributed by atoms with Gasteiger partial charge in [-0.05, 0) is 29.7 Å². The van der Waals surface area contributed by atoms with Crippen LogP contribution in [0.2, 0.25) is 0 Å². The standard InChI is InChI=1S/C15H11BrFN/c16-13-6-5-12(14(17)9-13)10-18-8-7-11-3-1-2-4-15(11)18/h1-9H,10H2. The summed E-state index contributed by atoms with van der Waals surface area (Å²) >= 11 is 3.27. The zero-order chi connectivity index (χ0) is 12.5. The van der Waals surface area contributed by atoms with E-state index in [2.05, 4.69) is 26.6 Å². The molecule has 0 saturated heterocycles. The topological polar surface area (TPSA) is 4.93 Å². The van der Waals surface area contributed by atoms with Crippen LogP contribution in [0.4, 0.5) is 4.39 Å². The average molecular weight is 304 g/mol. The number of aromatic nitrogens is 1. The first kappa shape index (κ1) is 11.5. The minimum Gasteiger partial charge on any atom is -0.343 e. The molecule has 0 fully saturated rings. The molecule has 0 aliphatic rings. The maximum atomic E-state index is 13.8. The summed E-state index contributed by atoms with van der Waals surface area (Å²) in [5.41, 5.74) is 1.82. The van der Waals surface area contributed by atoms with E-state index < -0.39 is 0 Å². The fraction of sp³-hybridized carbons (Fsp3) is 0.0667. The van der Waals surface area contributed by atoms with Crippen molar-refractivity contribution in [3.63, 3.8) is 0 Å². The molecule has 0 aliphatic heterocycles. The SMILES string of the molecule is Fc1cc(Br)ccc1Cn1ccc2ccccc21. The van der Waals surface area contributed by atoms with Gasteiger partial charge in [0.1, 0.15) is 5.82 Å². The van der Waals surface area contributed by atoms with Gasteiger partial charge in [0.05, 0.1) is 6.54 Å². The quantitative estimate of drug-likeness (QED) is 0.652. The molecule has 0 spiro atoms. The van der Waals surface area contributed by atoms with Crippen LogP contribution in [-0.2, 0) is 6.54 Å². The Morgan fingerprint density at radius 2 is 1.89 bits per heavy atom. The molecule has 0 unspecified atom stereocenters. The molecule has 0 saturated carbocycles. The third kappa shape index (κ3) is 2.06. The van der Waals surface area contributed by atoms with Gasteiger partial charge in [-0.15, -0.1) is 0 Å². The Morgan fingerprint density at radius 3 is 2.72 bits per heavy atom. The van der Waals surface area contributed by atoms with Crippen molar-refractivity contribution in [3.05, 3.63) is 70.6 Å². The molecule has 0 atom stereocenters. The van der Waals surface area contributed by atoms with Crippen molar-refractivity contribution in [3.8, 4) is 0 Å². The highest BCUT2D eigenvalue weighted by Gasteiger charge is 2.05. The zero-order valence-corrected chi connectivity index (χ0v) is 11.2. The van der Waals surface area contributed by atoms with Crippen molar-refractivity contribution in [2.45, 2.75) is 6.54 Å². The Kier molecular flexibility index (Phi) is 2.92. The van der Waals surface area contributed by atoms with Crippen LogP contribution in [0.15, 0.2) is 59.2 Å². The summed E-state index contributed by atoms with van der Waals surface area (Å²) in [6.07, 6.45) is 1.99. The molecule has 0 radical (unpaired) electrons. The molecule has 1 heterocycles. The van der Waals surface area contributed by atoms with Gasteiger partial charge in [-0.2, -0.15) is 0 Å². The summed E-state index contributed by atoms with van der Waals surface area (Å²) in [6.45, 7) is 0.548. The maximum Gasteiger partial charge on any atom is 0.129 e. The van der Waals surface area contributed by atoms with Gasteiger partial charge in [0, 0.05) is 21.7 Å². The van der Waals surface area contributed by atoms with E-state index >= 15 is 0 Å². The molecule has 3 heteroatoms. The molecule has 90 valence electrons. The van der Waals surface area contributed by atoms with E-state index in [0.29, 0.717) is 12.1 Å². The van der Waals surface area contributed by atoms with E-state index in [1.807, 2.05) is 42.6 Å². The number of hydrogen-bond donors (Lipinski definition) is 0. The number of para-hydroxylation sites is 1. The van der Waals surface area contributed by atoms with E-state index in [9.17, 15) is 4.39 Å². The Labute approximate surface area is 113 Å². The van der Waals surface area contributed by atoms with Crippen LogP contribution in [0.5, 0.6) is 0 Å². The highest BCUT2D eigenvalue weighted by atomic mass is 79.9. The second kappa shape index (κ2) is 4.58. The van der Waals surface area contributed by atoms with Gasteiger partial charge in [0.2, 0.25) is 0 Å². The zero-order valence-electron chi connectivity index (χ0n) is 9.61. The fourth-order valence-electron chi connectivity index (χ4n) is 2.11. The molecular weight excluding hydrogens is 293 g/mol. The Hall–Kier alpha value is -1.61. The molecule has 0 N–H and O–H groups in total. The molecule has 2 aromatic carbocycles. The van der Waals surface area contributed by atoms with E-state index in [4.69, 9.17) is 0 Å². The van der Waals surface area contributed by atoms with E-state index in [-0.39, 0.29) is 5.82 Å². The van der Waals surface area contributed by atoms with E-state index in [1.54, 1.807) is 0 Å². The highest BCUT2D eigenvalue weighted by Crippen LogP contribution is 2.20. The summed E-state index contributed by atoms with van der Waals surface area (Å²) in [5, 5.41) is 1.18. The first-order valence-electron chi connectivity index (χ1n) is 5.72. The molecule has 0 amide bonds. The summed E-state index contributed by atoms with van der Waals surface area (Å²) in [6, 6.07) is 15.3. The number of benzene rings is 2. The Bertz CT molecular complexity index is 703. The van der Waals surface area contributed by atoms with Gasteiger partial charge < -0.3 is 4.57 Å². The molecule has 1 aromatic heterocycles. The van der Waals surface area contributed by atoms with Crippen LogP contribution in [0, 0.1) is 5.82 Å². The second-order valence-corrected chi connectivity index (χ2v) is 5.15. The van der Waals surface area contributed by atoms with Crippen LogP contribution in [0.3, 0.4) is 0 Å². The molecule has 0 bridgehead atoms. The lowest BCUT2D eigenvalue weighted by molar-refractivity contribution is 0.601. The van der Waals surface area contributed by atoms with Crippen LogP contribution in [-0.4, -0.2) is 4.57 Å². The molecule has 1 nitrogen and oxygen atoms in total. The van der Waals surface area contributed by atoms with Gasteiger partial charge in [0.15, 0.2) is 0 Å². The van der Waals surface area contributed by atoms with E-state index in [0.717, 1.165) is 9.99 Å². The molecule has 3 rings (SSSR count). The number of fused-ring (bicyclic) bond motifs is 1. The summed E-state index contributed by atoms with van der Waals surface area (Å²) in [7, 11) is 0. The predicted octanol–water partition coefficient (Wildman–Crippen LogP) is 4.59. The van der Waals surface area contributed by atoms with Gasteiger partial charge >= 0.3 is 0 Å². The summed E-state index contributed by atoms with van der Waals surface area (Å²) < 4.78 is 16.6. The lowest BCUT2D eigenvalue weighted by Gasteiger charge is -2.07. The van der Waals surface area contributed by atoms with Crippen LogP contribution in [0.25, 0.3) is 10.9 Å². The van der Waals surface area contributed by atoms with Crippen LogP contribution >= 0.6 is 15.9 Å². The van der Waals surface area contributed by atoms with Crippen molar-refractivity contribution >= 4 is 26.8 Å². The second-order valence-electron chi connectivity index (χ2n) is 4.24. The van der Waals surface area contributed by atoms with Crippen molar-refractivity contribution in [2.24, 2.45) is 0 Å². The fourth-order valence-corrected chi connectivity index (χ4v) is 2.45. The summed E-state index contributed by atoms with van der Waals surface area (Å²) in [5.74, 6) is -0.179. The Balaban J connectivity index is 2.01. The Morgan fingerprint density at radius 1 is 1.06 bits per heavy atom.